The summed E-state index contributed by atoms with van der Waals surface area (Å²) in [5.41, 5.74) is 0. The highest BCUT2D eigenvalue weighted by Crippen LogP contribution is 2.27. The van der Waals surface area contributed by atoms with Crippen LogP contribution in [-0.2, 0) is 16.6 Å². The second-order valence-corrected chi connectivity index (χ2v) is 7.67. The molecule has 2 aliphatic rings. The van der Waals surface area contributed by atoms with Gasteiger partial charge >= 0.3 is 0 Å². The van der Waals surface area contributed by atoms with Crippen molar-refractivity contribution in [3.63, 3.8) is 0 Å². The van der Waals surface area contributed by atoms with Crippen LogP contribution in [0.25, 0.3) is 0 Å². The largest absolute Gasteiger partial charge is 0.464 e. The summed E-state index contributed by atoms with van der Waals surface area (Å²) in [4.78, 5) is 0.282. The maximum Gasteiger partial charge on any atom is 0.244 e. The predicted molar refractivity (Wildman–Crippen MR) is 75.8 cm³/mol. The van der Waals surface area contributed by atoms with E-state index in [1.807, 2.05) is 0 Å². The lowest BCUT2D eigenvalue weighted by Gasteiger charge is -2.25. The molecule has 0 atom stereocenters. The summed E-state index contributed by atoms with van der Waals surface area (Å²) < 4.78 is 32.8. The molecule has 0 radical (unpaired) electrons. The summed E-state index contributed by atoms with van der Waals surface area (Å²) >= 11 is 0. The van der Waals surface area contributed by atoms with Gasteiger partial charge < -0.3 is 9.73 Å². The molecule has 0 unspecified atom stereocenters. The Hall–Kier alpha value is -0.850. The fourth-order valence-corrected chi connectivity index (χ4v) is 3.73. The van der Waals surface area contributed by atoms with Crippen molar-refractivity contribution >= 4 is 10.0 Å². The molecule has 2 saturated carbocycles. The van der Waals surface area contributed by atoms with E-state index in [1.165, 1.54) is 19.3 Å². The van der Waals surface area contributed by atoms with E-state index in [2.05, 4.69) is 10.0 Å². The van der Waals surface area contributed by atoms with Crippen molar-refractivity contribution in [2.45, 2.75) is 56.5 Å². The molecule has 0 saturated heterocycles. The zero-order chi connectivity index (χ0) is 14.2. The van der Waals surface area contributed by atoms with Gasteiger partial charge in [0, 0.05) is 18.7 Å². The van der Waals surface area contributed by atoms with Crippen LogP contribution in [0.2, 0.25) is 0 Å². The lowest BCUT2D eigenvalue weighted by atomic mass is 9.86. The van der Waals surface area contributed by atoms with Crippen LogP contribution >= 0.6 is 0 Å². The minimum Gasteiger partial charge on any atom is -0.464 e. The molecule has 0 aromatic carbocycles. The Labute approximate surface area is 120 Å². The Bertz CT molecular complexity index is 571. The first-order valence-electron chi connectivity index (χ1n) is 7.37. The molecule has 0 aliphatic heterocycles. The van der Waals surface area contributed by atoms with Crippen LogP contribution in [0.5, 0.6) is 0 Å². The van der Waals surface area contributed by atoms with E-state index in [0.29, 0.717) is 36.6 Å². The number of aryl methyl sites for hydroxylation is 1. The molecule has 5 nitrogen and oxygen atoms in total. The van der Waals surface area contributed by atoms with Crippen molar-refractivity contribution in [3.05, 3.63) is 17.6 Å². The Kier molecular flexibility index (Phi) is 3.88. The normalized spacial score (nSPS) is 20.1. The average molecular weight is 298 g/mol. The van der Waals surface area contributed by atoms with E-state index >= 15 is 0 Å². The molecule has 20 heavy (non-hydrogen) atoms. The highest BCUT2D eigenvalue weighted by molar-refractivity contribution is 7.89. The highest BCUT2D eigenvalue weighted by Gasteiger charge is 2.25. The van der Waals surface area contributed by atoms with Gasteiger partial charge in [-0.2, -0.15) is 0 Å². The number of hydrogen-bond donors (Lipinski definition) is 2. The van der Waals surface area contributed by atoms with Gasteiger partial charge in [0.1, 0.15) is 16.4 Å². The SMILES string of the molecule is Cc1oc(CNC2CC2)cc1S(=O)(=O)NCC1CCC1. The summed E-state index contributed by atoms with van der Waals surface area (Å²) in [5.74, 6) is 1.67. The quantitative estimate of drug-likeness (QED) is 0.807. The lowest BCUT2D eigenvalue weighted by Crippen LogP contribution is -2.32. The fraction of sp³-hybridized carbons (Fsp3) is 0.714. The summed E-state index contributed by atoms with van der Waals surface area (Å²) in [5, 5.41) is 3.32. The lowest BCUT2D eigenvalue weighted by molar-refractivity contribution is 0.316. The van der Waals surface area contributed by atoms with E-state index in [-0.39, 0.29) is 4.90 Å². The molecule has 0 spiro atoms. The summed E-state index contributed by atoms with van der Waals surface area (Å²) in [6, 6.07) is 2.23. The van der Waals surface area contributed by atoms with Gasteiger partial charge in [-0.25, -0.2) is 13.1 Å². The highest BCUT2D eigenvalue weighted by atomic mass is 32.2. The third kappa shape index (κ3) is 3.24. The van der Waals surface area contributed by atoms with Gasteiger partial charge in [-0.05, 0) is 38.5 Å². The molecule has 112 valence electrons. The molecular weight excluding hydrogens is 276 g/mol. The van der Waals surface area contributed by atoms with Crippen molar-refractivity contribution in [1.82, 2.24) is 10.0 Å². The first-order valence-corrected chi connectivity index (χ1v) is 8.85. The van der Waals surface area contributed by atoms with Crippen LogP contribution in [0.15, 0.2) is 15.4 Å². The summed E-state index contributed by atoms with van der Waals surface area (Å²) in [7, 11) is -3.44. The number of furan rings is 1. The molecule has 2 fully saturated rings. The summed E-state index contributed by atoms with van der Waals surface area (Å²) in [6.45, 7) is 2.85. The first kappa shape index (κ1) is 14.1. The molecule has 2 aliphatic carbocycles. The topological polar surface area (TPSA) is 71.3 Å². The van der Waals surface area contributed by atoms with Crippen LogP contribution in [0.1, 0.15) is 43.6 Å². The minimum atomic E-state index is -3.44. The van der Waals surface area contributed by atoms with Crippen LogP contribution < -0.4 is 10.0 Å². The van der Waals surface area contributed by atoms with Crippen molar-refractivity contribution in [2.75, 3.05) is 6.54 Å². The van der Waals surface area contributed by atoms with Gasteiger partial charge in [-0.1, -0.05) is 6.42 Å². The molecule has 1 aromatic heterocycles. The van der Waals surface area contributed by atoms with Crippen LogP contribution in [0, 0.1) is 12.8 Å². The van der Waals surface area contributed by atoms with Crippen molar-refractivity contribution in [2.24, 2.45) is 5.92 Å². The smallest absolute Gasteiger partial charge is 0.244 e. The van der Waals surface area contributed by atoms with Crippen molar-refractivity contribution in [1.29, 1.82) is 0 Å². The van der Waals surface area contributed by atoms with Crippen molar-refractivity contribution < 1.29 is 12.8 Å². The Balaban J connectivity index is 1.63. The Morgan fingerprint density at radius 2 is 2.05 bits per heavy atom. The third-order valence-corrected chi connectivity index (χ3v) is 5.67. The molecule has 1 aromatic rings. The second kappa shape index (κ2) is 5.50. The number of sulfonamides is 1. The monoisotopic (exact) mass is 298 g/mol. The fourth-order valence-electron chi connectivity index (χ4n) is 2.41. The van der Waals surface area contributed by atoms with Gasteiger partial charge in [-0.3, -0.25) is 0 Å². The molecule has 6 heteroatoms. The molecule has 3 rings (SSSR count). The van der Waals surface area contributed by atoms with Gasteiger partial charge in [0.15, 0.2) is 0 Å². The van der Waals surface area contributed by atoms with Gasteiger partial charge in [0.05, 0.1) is 6.54 Å². The van der Waals surface area contributed by atoms with E-state index in [4.69, 9.17) is 4.42 Å². The number of rotatable bonds is 7. The average Bonchev–Trinajstić information content (AvgIpc) is 3.07. The zero-order valence-corrected chi connectivity index (χ0v) is 12.6. The molecule has 2 N–H and O–H groups in total. The van der Waals surface area contributed by atoms with Crippen molar-refractivity contribution in [3.8, 4) is 0 Å². The maximum absolute atomic E-state index is 12.3. The standard InChI is InChI=1S/C14H22N2O3S/c1-10-14(7-13(19-10)9-15-12-5-6-12)20(17,18)16-8-11-3-2-4-11/h7,11-12,15-16H,2-6,8-9H2,1H3. The predicted octanol–water partition coefficient (Wildman–Crippen LogP) is 1.92. The molecule has 1 heterocycles. The van der Waals surface area contributed by atoms with Gasteiger partial charge in [0.25, 0.3) is 0 Å². The van der Waals surface area contributed by atoms with Gasteiger partial charge in [-0.15, -0.1) is 0 Å². The van der Waals surface area contributed by atoms with E-state index in [0.717, 1.165) is 12.8 Å². The van der Waals surface area contributed by atoms with E-state index in [9.17, 15) is 8.42 Å². The third-order valence-electron chi connectivity index (χ3n) is 4.14. The Morgan fingerprint density at radius 1 is 1.30 bits per heavy atom. The van der Waals surface area contributed by atoms with Crippen LogP contribution in [-0.4, -0.2) is 21.0 Å². The molecular formula is C14H22N2O3S. The number of hydrogen-bond acceptors (Lipinski definition) is 4. The van der Waals surface area contributed by atoms with Crippen LogP contribution in [0.4, 0.5) is 0 Å². The summed E-state index contributed by atoms with van der Waals surface area (Å²) in [6.07, 6.45) is 5.88. The maximum atomic E-state index is 12.3. The van der Waals surface area contributed by atoms with E-state index in [1.54, 1.807) is 13.0 Å². The zero-order valence-electron chi connectivity index (χ0n) is 11.8. The molecule has 0 amide bonds. The van der Waals surface area contributed by atoms with Gasteiger partial charge in [0.2, 0.25) is 10.0 Å². The van der Waals surface area contributed by atoms with Crippen LogP contribution in [0.3, 0.4) is 0 Å². The Morgan fingerprint density at radius 3 is 2.65 bits per heavy atom. The second-order valence-electron chi connectivity index (χ2n) is 5.94. The van der Waals surface area contributed by atoms with E-state index < -0.39 is 10.0 Å². The number of nitrogens with one attached hydrogen (secondary N) is 2. The first-order chi connectivity index (χ1) is 9.54. The molecule has 0 bridgehead atoms. The minimum absolute atomic E-state index is 0.282.